The molecular weight excluding hydrogens is 446 g/mol. The number of ether oxygens (including phenoxy) is 1. The van der Waals surface area contributed by atoms with Gasteiger partial charge in [-0.15, -0.1) is 10.2 Å². The summed E-state index contributed by atoms with van der Waals surface area (Å²) in [7, 11) is 0. The molecule has 0 saturated carbocycles. The van der Waals surface area contributed by atoms with E-state index in [-0.39, 0.29) is 12.5 Å². The molecule has 1 heterocycles. The largest absolute Gasteiger partial charge is 0.485 e. The molecule has 7 nitrogen and oxygen atoms in total. The monoisotopic (exact) mass is 469 g/mol. The van der Waals surface area contributed by atoms with E-state index in [4.69, 9.17) is 4.74 Å². The third-order valence-corrected chi connectivity index (χ3v) is 6.16. The zero-order valence-electron chi connectivity index (χ0n) is 18.8. The van der Waals surface area contributed by atoms with E-state index in [0.717, 1.165) is 17.0 Å². The molecule has 0 spiro atoms. The summed E-state index contributed by atoms with van der Waals surface area (Å²) in [5.74, 6) is 1.18. The van der Waals surface area contributed by atoms with Gasteiger partial charge in [0.1, 0.15) is 18.4 Å². The summed E-state index contributed by atoms with van der Waals surface area (Å²) in [5, 5.41) is 20.9. The number of amides is 1. The van der Waals surface area contributed by atoms with Crippen molar-refractivity contribution in [2.24, 2.45) is 0 Å². The van der Waals surface area contributed by atoms with Crippen molar-refractivity contribution in [3.05, 3.63) is 95.8 Å². The molecule has 34 heavy (non-hydrogen) atoms. The molecular formula is C26H23N5O2S. The Morgan fingerprint density at radius 2 is 1.76 bits per heavy atom. The Labute approximate surface area is 202 Å². The lowest BCUT2D eigenvalue weighted by Gasteiger charge is -2.15. The van der Waals surface area contributed by atoms with Crippen molar-refractivity contribution >= 4 is 23.4 Å². The second-order valence-electron chi connectivity index (χ2n) is 7.53. The van der Waals surface area contributed by atoms with Crippen LogP contribution in [0.3, 0.4) is 0 Å². The number of para-hydroxylation sites is 3. The molecule has 0 bridgehead atoms. The van der Waals surface area contributed by atoms with Crippen molar-refractivity contribution in [3.63, 3.8) is 0 Å². The van der Waals surface area contributed by atoms with E-state index < -0.39 is 5.25 Å². The van der Waals surface area contributed by atoms with Crippen LogP contribution in [-0.4, -0.2) is 25.9 Å². The molecule has 170 valence electrons. The van der Waals surface area contributed by atoms with Gasteiger partial charge in [-0.3, -0.25) is 9.36 Å². The number of nitriles is 1. The Kier molecular flexibility index (Phi) is 7.25. The number of rotatable bonds is 8. The van der Waals surface area contributed by atoms with Crippen LogP contribution in [0.4, 0.5) is 5.69 Å². The lowest BCUT2D eigenvalue weighted by atomic mass is 10.2. The number of carbonyl (C=O) groups excluding carboxylic acids is 1. The van der Waals surface area contributed by atoms with E-state index >= 15 is 0 Å². The summed E-state index contributed by atoms with van der Waals surface area (Å²) in [4.78, 5) is 12.9. The van der Waals surface area contributed by atoms with Gasteiger partial charge in [0.15, 0.2) is 11.0 Å². The van der Waals surface area contributed by atoms with E-state index in [9.17, 15) is 10.1 Å². The number of hydrogen-bond donors (Lipinski definition) is 1. The molecule has 1 aromatic heterocycles. The fourth-order valence-electron chi connectivity index (χ4n) is 3.30. The van der Waals surface area contributed by atoms with Gasteiger partial charge in [-0.05, 0) is 49.7 Å². The highest BCUT2D eigenvalue weighted by Gasteiger charge is 2.22. The molecule has 4 rings (SSSR count). The smallest absolute Gasteiger partial charge is 0.237 e. The van der Waals surface area contributed by atoms with Crippen LogP contribution in [0, 0.1) is 18.3 Å². The van der Waals surface area contributed by atoms with Crippen LogP contribution in [0.5, 0.6) is 5.75 Å². The molecule has 1 N–H and O–H groups in total. The molecule has 1 amide bonds. The van der Waals surface area contributed by atoms with Gasteiger partial charge in [0.2, 0.25) is 5.91 Å². The van der Waals surface area contributed by atoms with Crippen molar-refractivity contribution in [1.29, 1.82) is 5.26 Å². The number of aryl methyl sites for hydroxylation is 1. The van der Waals surface area contributed by atoms with Crippen molar-refractivity contribution in [2.45, 2.75) is 30.9 Å². The first-order chi connectivity index (χ1) is 16.6. The number of thioether (sulfide) groups is 1. The Bertz CT molecular complexity index is 1330. The van der Waals surface area contributed by atoms with Crippen molar-refractivity contribution < 1.29 is 9.53 Å². The molecule has 0 saturated heterocycles. The minimum atomic E-state index is -0.483. The number of carbonyl (C=O) groups is 1. The second kappa shape index (κ2) is 10.7. The third kappa shape index (κ3) is 5.27. The normalized spacial score (nSPS) is 11.4. The van der Waals surface area contributed by atoms with Crippen LogP contribution in [-0.2, 0) is 11.4 Å². The van der Waals surface area contributed by atoms with Gasteiger partial charge in [-0.1, -0.05) is 60.3 Å². The summed E-state index contributed by atoms with van der Waals surface area (Å²) in [5.41, 5.74) is 2.81. The first-order valence-electron chi connectivity index (χ1n) is 10.7. The van der Waals surface area contributed by atoms with Crippen LogP contribution < -0.4 is 10.1 Å². The summed E-state index contributed by atoms with van der Waals surface area (Å²) in [6.45, 7) is 4.01. The number of aromatic nitrogens is 3. The fraction of sp³-hybridized carbons (Fsp3) is 0.154. The summed E-state index contributed by atoms with van der Waals surface area (Å²) in [6, 6.07) is 26.5. The van der Waals surface area contributed by atoms with Crippen LogP contribution in [0.2, 0.25) is 0 Å². The third-order valence-electron chi connectivity index (χ3n) is 5.12. The molecule has 4 aromatic rings. The van der Waals surface area contributed by atoms with E-state index in [1.54, 1.807) is 31.2 Å². The Morgan fingerprint density at radius 3 is 2.53 bits per heavy atom. The lowest BCUT2D eigenvalue weighted by molar-refractivity contribution is -0.115. The molecule has 8 heteroatoms. The molecule has 0 aliphatic heterocycles. The minimum Gasteiger partial charge on any atom is -0.485 e. The summed E-state index contributed by atoms with van der Waals surface area (Å²) in [6.07, 6.45) is 0. The highest BCUT2D eigenvalue weighted by molar-refractivity contribution is 8.00. The van der Waals surface area contributed by atoms with E-state index in [1.807, 2.05) is 66.1 Å². The molecule has 0 aliphatic rings. The number of nitrogens with one attached hydrogen (secondary N) is 1. The van der Waals surface area contributed by atoms with E-state index in [1.165, 1.54) is 11.8 Å². The number of nitrogens with zero attached hydrogens (tertiary/aromatic N) is 4. The molecule has 1 atom stereocenters. The van der Waals surface area contributed by atoms with Crippen LogP contribution >= 0.6 is 11.8 Å². The van der Waals surface area contributed by atoms with Gasteiger partial charge in [-0.2, -0.15) is 5.26 Å². The molecule has 0 fully saturated rings. The van der Waals surface area contributed by atoms with Gasteiger partial charge in [0, 0.05) is 5.69 Å². The SMILES string of the molecule is Cc1ccccc1OCc1nnc(SC(C)C(=O)Nc2ccccc2C#N)n1-c1ccccc1. The van der Waals surface area contributed by atoms with Crippen LogP contribution in [0.15, 0.2) is 84.0 Å². The van der Waals surface area contributed by atoms with Gasteiger partial charge >= 0.3 is 0 Å². The average molecular weight is 470 g/mol. The maximum absolute atomic E-state index is 12.9. The topological polar surface area (TPSA) is 92.8 Å². The number of benzene rings is 3. The second-order valence-corrected chi connectivity index (χ2v) is 8.84. The maximum Gasteiger partial charge on any atom is 0.237 e. The van der Waals surface area contributed by atoms with Crippen molar-refractivity contribution in [3.8, 4) is 17.5 Å². The quantitative estimate of drug-likeness (QED) is 0.359. The maximum atomic E-state index is 12.9. The Balaban J connectivity index is 1.56. The van der Waals surface area contributed by atoms with Gasteiger partial charge in [0.25, 0.3) is 0 Å². The van der Waals surface area contributed by atoms with Gasteiger partial charge < -0.3 is 10.1 Å². The molecule has 0 radical (unpaired) electrons. The van der Waals surface area contributed by atoms with Gasteiger partial charge in [0.05, 0.1) is 16.5 Å². The zero-order valence-corrected chi connectivity index (χ0v) is 19.6. The summed E-state index contributed by atoms with van der Waals surface area (Å²) < 4.78 is 7.91. The van der Waals surface area contributed by atoms with Crippen molar-refractivity contribution in [2.75, 3.05) is 5.32 Å². The van der Waals surface area contributed by atoms with Crippen LogP contribution in [0.1, 0.15) is 23.9 Å². The Hall–Kier alpha value is -4.09. The van der Waals surface area contributed by atoms with Gasteiger partial charge in [-0.25, -0.2) is 0 Å². The first-order valence-corrected chi connectivity index (χ1v) is 11.6. The molecule has 3 aromatic carbocycles. The summed E-state index contributed by atoms with van der Waals surface area (Å²) >= 11 is 1.29. The minimum absolute atomic E-state index is 0.226. The number of anilines is 1. The van der Waals surface area contributed by atoms with E-state index in [2.05, 4.69) is 21.6 Å². The molecule has 0 aliphatic carbocycles. The predicted octanol–water partition coefficient (Wildman–Crippen LogP) is 5.15. The lowest BCUT2D eigenvalue weighted by Crippen LogP contribution is -2.23. The number of hydrogen-bond acceptors (Lipinski definition) is 6. The zero-order chi connectivity index (χ0) is 23.9. The van der Waals surface area contributed by atoms with E-state index in [0.29, 0.717) is 22.2 Å². The van der Waals surface area contributed by atoms with Crippen molar-refractivity contribution in [1.82, 2.24) is 14.8 Å². The fourth-order valence-corrected chi connectivity index (χ4v) is 4.19. The standard InChI is InChI=1S/C26H23N5O2S/c1-18-10-6-9-15-23(18)33-17-24-29-30-26(31(24)21-12-4-3-5-13-21)34-19(2)25(32)28-22-14-8-7-11-20(22)16-27/h3-15,19H,17H2,1-2H3,(H,28,32). The molecule has 1 unspecified atom stereocenters. The Morgan fingerprint density at radius 1 is 1.06 bits per heavy atom. The first kappa shape index (κ1) is 23.1. The predicted molar refractivity (Wildman–Crippen MR) is 132 cm³/mol. The van der Waals surface area contributed by atoms with Crippen LogP contribution in [0.25, 0.3) is 5.69 Å². The highest BCUT2D eigenvalue weighted by Crippen LogP contribution is 2.28. The average Bonchev–Trinajstić information content (AvgIpc) is 3.26. The highest BCUT2D eigenvalue weighted by atomic mass is 32.2.